The van der Waals surface area contributed by atoms with Crippen LogP contribution in [0.2, 0.25) is 0 Å². The largest absolute Gasteiger partial charge is 0.322 e. The minimum atomic E-state index is 0.0201. The van der Waals surface area contributed by atoms with E-state index in [0.717, 1.165) is 10.7 Å². The Hall–Kier alpha value is -0.280. The van der Waals surface area contributed by atoms with E-state index in [9.17, 15) is 0 Å². The minimum absolute atomic E-state index is 0.0201. The van der Waals surface area contributed by atoms with E-state index in [4.69, 9.17) is 5.73 Å². The van der Waals surface area contributed by atoms with Gasteiger partial charge >= 0.3 is 0 Å². The molecular formula is C9H20N2S. The Morgan fingerprint density at radius 3 is 2.00 bits per heavy atom. The zero-order valence-electron chi connectivity index (χ0n) is 8.72. The van der Waals surface area contributed by atoms with Crippen molar-refractivity contribution in [1.82, 2.24) is 0 Å². The first-order valence-electron chi connectivity index (χ1n) is 4.11. The molecule has 0 heterocycles. The number of nitrogens with two attached hydrogens (primary N) is 1. The van der Waals surface area contributed by atoms with Gasteiger partial charge in [-0.3, -0.25) is 4.99 Å². The molecule has 12 heavy (non-hydrogen) atoms. The summed E-state index contributed by atoms with van der Waals surface area (Å²) < 4.78 is 0. The number of allylic oxidation sites excluding steroid dienone is 1. The summed E-state index contributed by atoms with van der Waals surface area (Å²) in [6.07, 6.45) is 1.96. The normalized spacial score (nSPS) is 13.0. The van der Waals surface area contributed by atoms with Crippen LogP contribution in [0.5, 0.6) is 0 Å². The van der Waals surface area contributed by atoms with Crippen LogP contribution in [0.15, 0.2) is 17.3 Å². The van der Waals surface area contributed by atoms with Gasteiger partial charge in [0.05, 0.1) is 11.1 Å². The lowest BCUT2D eigenvalue weighted by atomic mass is 10.4. The molecular weight excluding hydrogens is 168 g/mol. The summed E-state index contributed by atoms with van der Waals surface area (Å²) in [6, 6.07) is 0.0201. The Morgan fingerprint density at radius 2 is 1.92 bits per heavy atom. The average molecular weight is 188 g/mol. The monoisotopic (exact) mass is 188 g/mol. The molecule has 0 aliphatic rings. The molecule has 0 aromatic heterocycles. The zero-order chi connectivity index (χ0) is 10.1. The number of rotatable bonds is 2. The van der Waals surface area contributed by atoms with Crippen molar-refractivity contribution in [3.8, 4) is 0 Å². The molecule has 0 aliphatic heterocycles. The standard InChI is InChI=1S/C7H14N2S.C2H6/c1-5(2)9-7(10-4)6(3)8;1-2/h6H,1,8H2,2-4H3;1-2H3. The van der Waals surface area contributed by atoms with Gasteiger partial charge in [-0.15, -0.1) is 11.8 Å². The van der Waals surface area contributed by atoms with E-state index in [1.54, 1.807) is 11.8 Å². The zero-order valence-corrected chi connectivity index (χ0v) is 9.53. The van der Waals surface area contributed by atoms with Gasteiger partial charge in [-0.25, -0.2) is 0 Å². The van der Waals surface area contributed by atoms with Gasteiger partial charge in [0.25, 0.3) is 0 Å². The molecule has 0 bridgehead atoms. The van der Waals surface area contributed by atoms with E-state index in [1.165, 1.54) is 0 Å². The van der Waals surface area contributed by atoms with Gasteiger partial charge in [0.2, 0.25) is 0 Å². The van der Waals surface area contributed by atoms with Crippen LogP contribution in [0.25, 0.3) is 0 Å². The molecule has 0 saturated carbocycles. The van der Waals surface area contributed by atoms with Gasteiger partial charge in [-0.05, 0) is 20.1 Å². The number of aliphatic imine (C=N–C) groups is 1. The topological polar surface area (TPSA) is 38.4 Å². The summed E-state index contributed by atoms with van der Waals surface area (Å²) >= 11 is 1.57. The van der Waals surface area contributed by atoms with E-state index in [0.29, 0.717) is 0 Å². The van der Waals surface area contributed by atoms with Gasteiger partial charge < -0.3 is 5.73 Å². The summed E-state index contributed by atoms with van der Waals surface area (Å²) in [5.74, 6) is 0. The van der Waals surface area contributed by atoms with Crippen LogP contribution in [0, 0.1) is 0 Å². The first-order valence-corrected chi connectivity index (χ1v) is 5.34. The molecule has 1 unspecified atom stereocenters. The second-order valence-corrected chi connectivity index (χ2v) is 3.00. The number of hydrogen-bond acceptors (Lipinski definition) is 3. The van der Waals surface area contributed by atoms with Crippen molar-refractivity contribution in [2.24, 2.45) is 10.7 Å². The Kier molecular flexibility index (Phi) is 10.5. The van der Waals surface area contributed by atoms with Gasteiger partial charge in [0, 0.05) is 5.70 Å². The van der Waals surface area contributed by atoms with Crippen LogP contribution in [0.3, 0.4) is 0 Å². The molecule has 0 saturated heterocycles. The number of nitrogens with zero attached hydrogens (tertiary/aromatic N) is 1. The minimum Gasteiger partial charge on any atom is -0.322 e. The predicted molar refractivity (Wildman–Crippen MR) is 60.8 cm³/mol. The first-order chi connectivity index (χ1) is 5.57. The van der Waals surface area contributed by atoms with Gasteiger partial charge in [-0.1, -0.05) is 20.4 Å². The molecule has 1 atom stereocenters. The maximum absolute atomic E-state index is 5.60. The van der Waals surface area contributed by atoms with Crippen molar-refractivity contribution >= 4 is 16.8 Å². The SMILES string of the molecule is C=C(C)N=C(SC)C(C)N.CC. The van der Waals surface area contributed by atoms with E-state index in [2.05, 4.69) is 11.6 Å². The van der Waals surface area contributed by atoms with Crippen LogP contribution in [0.4, 0.5) is 0 Å². The first kappa shape index (κ1) is 14.3. The van der Waals surface area contributed by atoms with E-state index in [-0.39, 0.29) is 6.04 Å². The second kappa shape index (κ2) is 8.81. The number of hydrogen-bond donors (Lipinski definition) is 1. The van der Waals surface area contributed by atoms with Crippen molar-refractivity contribution in [2.45, 2.75) is 33.7 Å². The van der Waals surface area contributed by atoms with Crippen molar-refractivity contribution < 1.29 is 0 Å². The average Bonchev–Trinajstić information content (AvgIpc) is 2.03. The summed E-state index contributed by atoms with van der Waals surface area (Å²) in [6.45, 7) is 11.4. The van der Waals surface area contributed by atoms with Crippen LogP contribution in [-0.2, 0) is 0 Å². The Morgan fingerprint density at radius 1 is 1.50 bits per heavy atom. The van der Waals surface area contributed by atoms with Crippen molar-refractivity contribution in [3.05, 3.63) is 12.3 Å². The van der Waals surface area contributed by atoms with Gasteiger partial charge in [0.1, 0.15) is 0 Å². The molecule has 0 spiro atoms. The van der Waals surface area contributed by atoms with Gasteiger partial charge in [0.15, 0.2) is 0 Å². The molecule has 72 valence electrons. The lowest BCUT2D eigenvalue weighted by Gasteiger charge is -2.05. The highest BCUT2D eigenvalue weighted by Crippen LogP contribution is 2.04. The van der Waals surface area contributed by atoms with Gasteiger partial charge in [-0.2, -0.15) is 0 Å². The fourth-order valence-corrected chi connectivity index (χ4v) is 1.14. The molecule has 2 nitrogen and oxygen atoms in total. The highest BCUT2D eigenvalue weighted by Gasteiger charge is 2.01. The quantitative estimate of drug-likeness (QED) is 0.534. The Bertz CT molecular complexity index is 151. The second-order valence-electron chi connectivity index (χ2n) is 2.18. The third kappa shape index (κ3) is 7.82. The van der Waals surface area contributed by atoms with E-state index in [1.807, 2.05) is 34.0 Å². The fourth-order valence-electron chi connectivity index (χ4n) is 0.521. The third-order valence-corrected chi connectivity index (χ3v) is 1.78. The lowest BCUT2D eigenvalue weighted by Crippen LogP contribution is -2.23. The molecule has 0 fully saturated rings. The summed E-state index contributed by atoms with van der Waals surface area (Å²) in [4.78, 5) is 4.16. The highest BCUT2D eigenvalue weighted by molar-refractivity contribution is 8.13. The molecule has 0 aliphatic carbocycles. The fraction of sp³-hybridized carbons (Fsp3) is 0.667. The molecule has 0 radical (unpaired) electrons. The summed E-state index contributed by atoms with van der Waals surface area (Å²) in [5, 5.41) is 0.938. The molecule has 2 N–H and O–H groups in total. The molecule has 0 amide bonds. The lowest BCUT2D eigenvalue weighted by molar-refractivity contribution is 0.985. The van der Waals surface area contributed by atoms with Crippen molar-refractivity contribution in [3.63, 3.8) is 0 Å². The highest BCUT2D eigenvalue weighted by atomic mass is 32.2. The van der Waals surface area contributed by atoms with Crippen molar-refractivity contribution in [1.29, 1.82) is 0 Å². The molecule has 3 heteroatoms. The molecule has 0 aromatic rings. The maximum Gasteiger partial charge on any atom is 0.0896 e. The van der Waals surface area contributed by atoms with E-state index < -0.39 is 0 Å². The summed E-state index contributed by atoms with van der Waals surface area (Å²) in [7, 11) is 0. The van der Waals surface area contributed by atoms with Crippen LogP contribution >= 0.6 is 11.8 Å². The number of thioether (sulfide) groups is 1. The molecule has 0 aromatic carbocycles. The van der Waals surface area contributed by atoms with Crippen LogP contribution < -0.4 is 5.73 Å². The smallest absolute Gasteiger partial charge is 0.0896 e. The van der Waals surface area contributed by atoms with E-state index >= 15 is 0 Å². The van der Waals surface area contributed by atoms with Crippen LogP contribution in [0.1, 0.15) is 27.7 Å². The van der Waals surface area contributed by atoms with Crippen molar-refractivity contribution in [2.75, 3.05) is 6.26 Å². The molecule has 0 rings (SSSR count). The summed E-state index contributed by atoms with van der Waals surface area (Å²) in [5.41, 5.74) is 6.41. The van der Waals surface area contributed by atoms with Crippen LogP contribution in [-0.4, -0.2) is 17.3 Å². The predicted octanol–water partition coefficient (Wildman–Crippen LogP) is 2.65. The Labute approximate surface area is 80.3 Å². The third-order valence-electron chi connectivity index (χ3n) is 0.900. The Balaban J connectivity index is 0. The maximum atomic E-state index is 5.60.